The van der Waals surface area contributed by atoms with Crippen LogP contribution in [0.2, 0.25) is 0 Å². The lowest BCUT2D eigenvalue weighted by molar-refractivity contribution is 0.215. The third-order valence-corrected chi connectivity index (χ3v) is 6.52. The Morgan fingerprint density at radius 3 is 1.97 bits per heavy atom. The van der Waals surface area contributed by atoms with Crippen molar-refractivity contribution >= 4 is 0 Å². The quantitative estimate of drug-likeness (QED) is 0.444. The normalized spacial score (nSPS) is 15.7. The Morgan fingerprint density at radius 2 is 1.37 bits per heavy atom. The van der Waals surface area contributed by atoms with Crippen LogP contribution in [0.3, 0.4) is 0 Å². The molecule has 0 saturated carbocycles. The van der Waals surface area contributed by atoms with Gasteiger partial charge in [0.1, 0.15) is 0 Å². The van der Waals surface area contributed by atoms with E-state index >= 15 is 0 Å². The Labute approximate surface area is 206 Å². The molecule has 8 nitrogen and oxygen atoms in total. The summed E-state index contributed by atoms with van der Waals surface area (Å²) in [6.45, 7) is 2.49. The van der Waals surface area contributed by atoms with Crippen molar-refractivity contribution < 1.29 is 28.4 Å². The molecular weight excluding hydrogens is 448 g/mol. The van der Waals surface area contributed by atoms with Gasteiger partial charge in [0, 0.05) is 37.1 Å². The molecule has 8 heteroatoms. The van der Waals surface area contributed by atoms with E-state index in [1.54, 1.807) is 42.7 Å². The van der Waals surface area contributed by atoms with Crippen LogP contribution < -0.4 is 28.4 Å². The van der Waals surface area contributed by atoms with E-state index in [1.165, 1.54) is 5.69 Å². The van der Waals surface area contributed by atoms with Gasteiger partial charge in [0.15, 0.2) is 23.0 Å². The molecule has 0 radical (unpaired) electrons. The van der Waals surface area contributed by atoms with Crippen LogP contribution >= 0.6 is 0 Å². The molecule has 188 valence electrons. The maximum atomic E-state index is 5.79. The summed E-state index contributed by atoms with van der Waals surface area (Å²) >= 11 is 0. The van der Waals surface area contributed by atoms with Gasteiger partial charge in [-0.05, 0) is 42.3 Å². The lowest BCUT2D eigenvalue weighted by atomic mass is 9.99. The predicted molar refractivity (Wildman–Crippen MR) is 133 cm³/mol. The maximum absolute atomic E-state index is 5.79. The number of hydrogen-bond donors (Lipinski definition) is 0. The third-order valence-electron chi connectivity index (χ3n) is 6.52. The fourth-order valence-electron chi connectivity index (χ4n) is 4.96. The zero-order valence-electron chi connectivity index (χ0n) is 21.3. The van der Waals surface area contributed by atoms with Crippen molar-refractivity contribution in [3.05, 3.63) is 59.4 Å². The van der Waals surface area contributed by atoms with Crippen LogP contribution in [-0.4, -0.2) is 58.7 Å². The van der Waals surface area contributed by atoms with Crippen LogP contribution in [0, 0.1) is 0 Å². The minimum absolute atomic E-state index is 0.0426. The standard InChI is InChI=1S/C27H34N2O6/c1-30-21-11-10-18(25(33-4)27(21)35-6)17-29-14-8-13-28-12-7-9-20(28)24(29)19-15-22(31-2)26(34-5)23(16-19)32-3/h7,9-12,15-16,24H,8,13-14,17H2,1-6H3/t24-/m1/s1. The minimum Gasteiger partial charge on any atom is -0.493 e. The smallest absolute Gasteiger partial charge is 0.203 e. The molecule has 35 heavy (non-hydrogen) atoms. The monoisotopic (exact) mass is 482 g/mol. The third kappa shape index (κ3) is 4.58. The summed E-state index contributed by atoms with van der Waals surface area (Å²) in [5.74, 6) is 3.75. The number of hydrogen-bond acceptors (Lipinski definition) is 7. The lowest BCUT2D eigenvalue weighted by Crippen LogP contribution is -2.29. The molecule has 1 aromatic heterocycles. The molecule has 1 aliphatic heterocycles. The molecule has 4 rings (SSSR count). The van der Waals surface area contributed by atoms with E-state index in [4.69, 9.17) is 28.4 Å². The molecule has 1 aliphatic rings. The maximum Gasteiger partial charge on any atom is 0.203 e. The van der Waals surface area contributed by atoms with Gasteiger partial charge in [-0.2, -0.15) is 0 Å². The molecule has 3 aromatic rings. The highest BCUT2D eigenvalue weighted by molar-refractivity contribution is 5.57. The van der Waals surface area contributed by atoms with Crippen LogP contribution in [0.25, 0.3) is 0 Å². The van der Waals surface area contributed by atoms with E-state index in [0.29, 0.717) is 41.0 Å². The van der Waals surface area contributed by atoms with Crippen LogP contribution in [0.1, 0.15) is 29.3 Å². The van der Waals surface area contributed by atoms with Crippen LogP contribution in [0.15, 0.2) is 42.6 Å². The van der Waals surface area contributed by atoms with Crippen molar-refractivity contribution in [3.63, 3.8) is 0 Å². The van der Waals surface area contributed by atoms with Crippen molar-refractivity contribution in [2.45, 2.75) is 25.6 Å². The van der Waals surface area contributed by atoms with Gasteiger partial charge in [-0.15, -0.1) is 0 Å². The molecule has 1 atom stereocenters. The van der Waals surface area contributed by atoms with Gasteiger partial charge in [0.25, 0.3) is 0 Å². The van der Waals surface area contributed by atoms with Gasteiger partial charge in [0.2, 0.25) is 11.5 Å². The molecule has 0 bridgehead atoms. The van der Waals surface area contributed by atoms with Crippen molar-refractivity contribution in [2.24, 2.45) is 0 Å². The van der Waals surface area contributed by atoms with Crippen LogP contribution in [-0.2, 0) is 13.1 Å². The lowest BCUT2D eigenvalue weighted by Gasteiger charge is -2.32. The van der Waals surface area contributed by atoms with Gasteiger partial charge in [-0.1, -0.05) is 6.07 Å². The van der Waals surface area contributed by atoms with E-state index in [9.17, 15) is 0 Å². The summed E-state index contributed by atoms with van der Waals surface area (Å²) in [5, 5.41) is 0. The van der Waals surface area contributed by atoms with Crippen molar-refractivity contribution in [3.8, 4) is 34.5 Å². The van der Waals surface area contributed by atoms with E-state index in [1.807, 2.05) is 24.3 Å². The average molecular weight is 483 g/mol. The summed E-state index contributed by atoms with van der Waals surface area (Å²) in [4.78, 5) is 2.45. The van der Waals surface area contributed by atoms with Gasteiger partial charge < -0.3 is 33.0 Å². The Hall–Kier alpha value is -3.52. The number of fused-ring (bicyclic) bond motifs is 1. The number of nitrogens with zero attached hydrogens (tertiary/aromatic N) is 2. The Bertz CT molecular complexity index is 1130. The first-order chi connectivity index (χ1) is 17.1. The molecule has 0 fully saturated rings. The molecule has 0 spiro atoms. The highest BCUT2D eigenvalue weighted by atomic mass is 16.5. The number of aryl methyl sites for hydroxylation is 1. The fourth-order valence-corrected chi connectivity index (χ4v) is 4.96. The van der Waals surface area contributed by atoms with E-state index in [0.717, 1.165) is 30.6 Å². The van der Waals surface area contributed by atoms with Crippen molar-refractivity contribution in [1.29, 1.82) is 0 Å². The zero-order chi connectivity index (χ0) is 24.9. The second-order valence-electron chi connectivity index (χ2n) is 8.31. The van der Waals surface area contributed by atoms with Crippen molar-refractivity contribution in [2.75, 3.05) is 49.2 Å². The Kier molecular flexibility index (Phi) is 7.60. The van der Waals surface area contributed by atoms with E-state index in [-0.39, 0.29) is 6.04 Å². The molecule has 0 unspecified atom stereocenters. The van der Waals surface area contributed by atoms with E-state index < -0.39 is 0 Å². The number of benzene rings is 2. The molecule has 2 aromatic carbocycles. The predicted octanol–water partition coefficient (Wildman–Crippen LogP) is 4.54. The van der Waals surface area contributed by atoms with Gasteiger partial charge in [-0.3, -0.25) is 4.90 Å². The second-order valence-corrected chi connectivity index (χ2v) is 8.31. The summed E-state index contributed by atoms with van der Waals surface area (Å²) in [7, 11) is 9.81. The molecule has 2 heterocycles. The highest BCUT2D eigenvalue weighted by Crippen LogP contribution is 2.45. The van der Waals surface area contributed by atoms with Gasteiger partial charge >= 0.3 is 0 Å². The first-order valence-corrected chi connectivity index (χ1v) is 11.6. The minimum atomic E-state index is -0.0426. The number of methoxy groups -OCH3 is 6. The first kappa shape index (κ1) is 24.6. The molecule has 0 N–H and O–H groups in total. The number of ether oxygens (including phenoxy) is 6. The largest absolute Gasteiger partial charge is 0.493 e. The van der Waals surface area contributed by atoms with Crippen molar-refractivity contribution in [1.82, 2.24) is 9.47 Å². The first-order valence-electron chi connectivity index (χ1n) is 11.6. The molecular formula is C27H34N2O6. The highest BCUT2D eigenvalue weighted by Gasteiger charge is 2.31. The van der Waals surface area contributed by atoms with Crippen LogP contribution in [0.4, 0.5) is 0 Å². The summed E-state index contributed by atoms with van der Waals surface area (Å²) in [6.07, 6.45) is 3.15. The summed E-state index contributed by atoms with van der Waals surface area (Å²) in [6, 6.07) is 12.3. The zero-order valence-corrected chi connectivity index (χ0v) is 21.3. The average Bonchev–Trinajstić information content (AvgIpc) is 3.28. The number of rotatable bonds is 9. The Balaban J connectivity index is 1.84. The van der Waals surface area contributed by atoms with Gasteiger partial charge in [0.05, 0.1) is 48.7 Å². The summed E-state index contributed by atoms with van der Waals surface area (Å²) < 4.78 is 36.1. The van der Waals surface area contributed by atoms with Crippen LogP contribution in [0.5, 0.6) is 34.5 Å². The topological polar surface area (TPSA) is 63.6 Å². The van der Waals surface area contributed by atoms with E-state index in [2.05, 4.69) is 27.8 Å². The number of aromatic nitrogens is 1. The molecule has 0 saturated heterocycles. The summed E-state index contributed by atoms with van der Waals surface area (Å²) in [5.41, 5.74) is 3.28. The molecule has 0 amide bonds. The Morgan fingerprint density at radius 1 is 0.714 bits per heavy atom. The SMILES string of the molecule is COc1cc([C@@H]2c3cccn3CCCN2Cc2ccc(OC)c(OC)c2OC)cc(OC)c1OC. The second kappa shape index (κ2) is 10.8. The fraction of sp³-hybridized carbons (Fsp3) is 0.407. The molecule has 0 aliphatic carbocycles. The van der Waals surface area contributed by atoms with Gasteiger partial charge in [-0.25, -0.2) is 0 Å².